The molecule has 2 unspecified atom stereocenters. The quantitative estimate of drug-likeness (QED) is 0.172. The van der Waals surface area contributed by atoms with E-state index in [0.29, 0.717) is 23.9 Å². The number of carbonyl (C=O) groups is 2. The minimum Gasteiger partial charge on any atom is -0.550 e. The van der Waals surface area contributed by atoms with Gasteiger partial charge in [-0.3, -0.25) is 4.79 Å². The van der Waals surface area contributed by atoms with Gasteiger partial charge in [-0.1, -0.05) is 37.6 Å². The van der Waals surface area contributed by atoms with Crippen LogP contribution in [0.15, 0.2) is 24.3 Å². The Hall–Kier alpha value is -1.66. The third-order valence-corrected chi connectivity index (χ3v) is 4.30. The number of ether oxygens (including phenoxy) is 1. The molecule has 0 radical (unpaired) electrons. The lowest BCUT2D eigenvalue weighted by atomic mass is 10.1. The summed E-state index contributed by atoms with van der Waals surface area (Å²) in [6.07, 6.45) is 14.4. The maximum atomic E-state index is 12.0. The lowest BCUT2D eigenvalue weighted by Gasteiger charge is -2.29. The molecule has 0 aromatic carbocycles. The summed E-state index contributed by atoms with van der Waals surface area (Å²) >= 11 is 0. The Labute approximate surface area is 176 Å². The van der Waals surface area contributed by atoms with Crippen molar-refractivity contribution < 1.29 is 29.0 Å². The predicted molar refractivity (Wildman–Crippen MR) is 114 cm³/mol. The highest BCUT2D eigenvalue weighted by Crippen LogP contribution is 2.09. The highest BCUT2D eigenvalue weighted by atomic mass is 16.5. The van der Waals surface area contributed by atoms with E-state index in [4.69, 9.17) is 4.74 Å². The van der Waals surface area contributed by atoms with Crippen LogP contribution in [0.1, 0.15) is 71.1 Å². The van der Waals surface area contributed by atoms with Gasteiger partial charge in [-0.05, 0) is 44.9 Å². The van der Waals surface area contributed by atoms with Gasteiger partial charge in [-0.25, -0.2) is 0 Å². The molecule has 6 nitrogen and oxygen atoms in total. The molecule has 168 valence electrons. The second-order valence-electron chi connectivity index (χ2n) is 8.59. The molecule has 0 fully saturated rings. The summed E-state index contributed by atoms with van der Waals surface area (Å²) in [6.45, 7) is 2.55. The van der Waals surface area contributed by atoms with E-state index in [-0.39, 0.29) is 18.5 Å². The van der Waals surface area contributed by atoms with E-state index >= 15 is 0 Å². The van der Waals surface area contributed by atoms with E-state index in [1.165, 1.54) is 0 Å². The Balaban J connectivity index is 3.88. The van der Waals surface area contributed by atoms with Gasteiger partial charge in [0.05, 0.1) is 27.2 Å². The monoisotopic (exact) mass is 411 g/mol. The summed E-state index contributed by atoms with van der Waals surface area (Å²) in [7, 11) is 5.77. The van der Waals surface area contributed by atoms with Crippen molar-refractivity contribution in [1.29, 1.82) is 0 Å². The molecule has 0 rings (SSSR count). The molecule has 2 atom stereocenters. The highest BCUT2D eigenvalue weighted by molar-refractivity contribution is 5.70. The van der Waals surface area contributed by atoms with Crippen LogP contribution in [0.5, 0.6) is 0 Å². The number of aliphatic hydroxyl groups excluding tert-OH is 1. The molecule has 0 spiro atoms. The predicted octanol–water partition coefficient (Wildman–Crippen LogP) is 2.75. The van der Waals surface area contributed by atoms with Crippen LogP contribution < -0.4 is 5.11 Å². The number of aliphatic carboxylic acids is 1. The number of unbranched alkanes of at least 4 members (excludes halogenated alkanes) is 4. The van der Waals surface area contributed by atoms with Crippen LogP contribution in [0.4, 0.5) is 0 Å². The molecule has 0 saturated heterocycles. The number of carboxylic acids is 1. The molecule has 0 heterocycles. The van der Waals surface area contributed by atoms with Crippen molar-refractivity contribution in [3.63, 3.8) is 0 Å². The maximum absolute atomic E-state index is 12.0. The number of likely N-dealkylation sites (N-methyl/N-ethyl adjacent to an activating group) is 1. The van der Waals surface area contributed by atoms with Crippen LogP contribution in [0.3, 0.4) is 0 Å². The van der Waals surface area contributed by atoms with Crippen molar-refractivity contribution in [1.82, 2.24) is 0 Å². The van der Waals surface area contributed by atoms with Crippen LogP contribution in [0.25, 0.3) is 0 Å². The number of allylic oxidation sites excluding steroid dienone is 3. The Kier molecular flexibility index (Phi) is 15.2. The number of nitrogens with zero attached hydrogens (tertiary/aromatic N) is 1. The van der Waals surface area contributed by atoms with Crippen molar-refractivity contribution in [3.8, 4) is 0 Å². The zero-order valence-corrected chi connectivity index (χ0v) is 18.8. The van der Waals surface area contributed by atoms with E-state index in [1.807, 2.05) is 33.3 Å². The van der Waals surface area contributed by atoms with Crippen molar-refractivity contribution in [2.75, 3.05) is 27.7 Å². The van der Waals surface area contributed by atoms with Crippen molar-refractivity contribution in [3.05, 3.63) is 24.3 Å². The molecule has 0 amide bonds. The molecular formula is C23H41NO5. The third-order valence-electron chi connectivity index (χ3n) is 4.30. The Morgan fingerprint density at radius 2 is 1.69 bits per heavy atom. The van der Waals surface area contributed by atoms with Crippen LogP contribution in [0, 0.1) is 0 Å². The maximum Gasteiger partial charge on any atom is 0.306 e. The van der Waals surface area contributed by atoms with Gasteiger partial charge < -0.3 is 24.2 Å². The molecule has 29 heavy (non-hydrogen) atoms. The van der Waals surface area contributed by atoms with Gasteiger partial charge in [0, 0.05) is 18.8 Å². The van der Waals surface area contributed by atoms with Gasteiger partial charge in [-0.15, -0.1) is 0 Å². The standard InChI is InChI=1S/C23H41NO5/c1-5-6-12-15-20(25)16-13-10-8-7-9-11-14-17-23(28)29-21(18-22(26)27)19-24(2,3)4/h7-8,12,15,20-21,25H,5-6,9-11,13-14,16-19H2,1-4H3/b8-7+,15-12+. The van der Waals surface area contributed by atoms with Gasteiger partial charge in [0.25, 0.3) is 0 Å². The second-order valence-corrected chi connectivity index (χ2v) is 8.59. The number of hydrogen-bond acceptors (Lipinski definition) is 5. The molecule has 0 aromatic heterocycles. The first-order valence-electron chi connectivity index (χ1n) is 10.8. The minimum absolute atomic E-state index is 0.271. The smallest absolute Gasteiger partial charge is 0.306 e. The topological polar surface area (TPSA) is 86.7 Å². The summed E-state index contributed by atoms with van der Waals surface area (Å²) in [4.78, 5) is 22.8. The van der Waals surface area contributed by atoms with E-state index < -0.39 is 12.1 Å². The lowest BCUT2D eigenvalue weighted by molar-refractivity contribution is -0.873. The number of rotatable bonds is 17. The number of carbonyl (C=O) groups excluding carboxylic acids is 2. The average molecular weight is 412 g/mol. The molecule has 0 aliphatic heterocycles. The summed E-state index contributed by atoms with van der Waals surface area (Å²) in [5.74, 6) is -1.55. The fraction of sp³-hybridized carbons (Fsp3) is 0.739. The van der Waals surface area contributed by atoms with Gasteiger partial charge >= 0.3 is 5.97 Å². The molecule has 0 bridgehead atoms. The van der Waals surface area contributed by atoms with Crippen molar-refractivity contribution >= 4 is 11.9 Å². The van der Waals surface area contributed by atoms with Gasteiger partial charge in [-0.2, -0.15) is 0 Å². The zero-order chi connectivity index (χ0) is 22.1. The largest absolute Gasteiger partial charge is 0.550 e. The Morgan fingerprint density at radius 3 is 2.28 bits per heavy atom. The number of esters is 1. The third kappa shape index (κ3) is 19.4. The number of aliphatic hydroxyl groups is 1. The van der Waals surface area contributed by atoms with Crippen molar-refractivity contribution in [2.24, 2.45) is 0 Å². The summed E-state index contributed by atoms with van der Waals surface area (Å²) in [5.41, 5.74) is 0. The molecule has 0 aliphatic rings. The number of hydrogen-bond donors (Lipinski definition) is 1. The van der Waals surface area contributed by atoms with E-state index in [2.05, 4.69) is 19.1 Å². The molecule has 0 aliphatic carbocycles. The molecular weight excluding hydrogens is 370 g/mol. The number of carboxylic acid groups (broad SMARTS) is 1. The molecule has 1 N–H and O–H groups in total. The molecule has 6 heteroatoms. The first kappa shape index (κ1) is 27.3. The minimum atomic E-state index is -1.20. The summed E-state index contributed by atoms with van der Waals surface area (Å²) in [5, 5.41) is 20.6. The number of quaternary nitrogens is 1. The highest BCUT2D eigenvalue weighted by Gasteiger charge is 2.22. The van der Waals surface area contributed by atoms with Crippen LogP contribution in [0.2, 0.25) is 0 Å². The lowest BCUT2D eigenvalue weighted by Crippen LogP contribution is -2.45. The molecule has 0 saturated carbocycles. The summed E-state index contributed by atoms with van der Waals surface area (Å²) in [6, 6.07) is 0. The summed E-state index contributed by atoms with van der Waals surface area (Å²) < 4.78 is 5.85. The average Bonchev–Trinajstić information content (AvgIpc) is 2.58. The van der Waals surface area contributed by atoms with Crippen LogP contribution in [-0.2, 0) is 14.3 Å². The SMILES string of the molecule is CCC/C=C/C(O)CCC/C=C/CCCCC(=O)OC(CC(=O)[O-])C[N+](C)(C)C. The second kappa shape index (κ2) is 16.2. The van der Waals surface area contributed by atoms with Crippen LogP contribution >= 0.6 is 0 Å². The fourth-order valence-electron chi connectivity index (χ4n) is 2.91. The van der Waals surface area contributed by atoms with Gasteiger partial charge in [0.15, 0.2) is 6.10 Å². The van der Waals surface area contributed by atoms with Crippen LogP contribution in [-0.4, -0.2) is 61.4 Å². The normalized spacial score (nSPS) is 14.4. The zero-order valence-electron chi connectivity index (χ0n) is 18.8. The fourth-order valence-corrected chi connectivity index (χ4v) is 2.91. The first-order valence-corrected chi connectivity index (χ1v) is 10.8. The van der Waals surface area contributed by atoms with E-state index in [0.717, 1.165) is 44.9 Å². The first-order chi connectivity index (χ1) is 13.6. The van der Waals surface area contributed by atoms with Gasteiger partial charge in [0.1, 0.15) is 6.54 Å². The van der Waals surface area contributed by atoms with Crippen molar-refractivity contribution in [2.45, 2.75) is 83.3 Å². The molecule has 0 aromatic rings. The van der Waals surface area contributed by atoms with E-state index in [9.17, 15) is 19.8 Å². The van der Waals surface area contributed by atoms with E-state index in [1.54, 1.807) is 0 Å². The Morgan fingerprint density at radius 1 is 1.03 bits per heavy atom. The van der Waals surface area contributed by atoms with Gasteiger partial charge in [0.2, 0.25) is 0 Å². The Bertz CT molecular complexity index is 508.